The van der Waals surface area contributed by atoms with Crippen molar-refractivity contribution in [3.63, 3.8) is 0 Å². The molecule has 0 bridgehead atoms. The molecule has 3 aromatic rings. The predicted octanol–water partition coefficient (Wildman–Crippen LogP) is 4.87. The molecular weight excluding hydrogens is 342 g/mol. The first-order valence-electron chi connectivity index (χ1n) is 9.01. The molecule has 2 N–H and O–H groups in total. The van der Waals surface area contributed by atoms with E-state index in [1.54, 1.807) is 0 Å². The van der Waals surface area contributed by atoms with Gasteiger partial charge in [-0.05, 0) is 40.8 Å². The van der Waals surface area contributed by atoms with E-state index in [9.17, 15) is 5.11 Å². The fourth-order valence-corrected chi connectivity index (χ4v) is 4.02. The molecule has 26 heavy (non-hydrogen) atoms. The van der Waals surface area contributed by atoms with Gasteiger partial charge in [0.1, 0.15) is 0 Å². The average molecular weight is 364 g/mol. The summed E-state index contributed by atoms with van der Waals surface area (Å²) in [5, 5.41) is 15.4. The summed E-state index contributed by atoms with van der Waals surface area (Å²) in [7, 11) is 0. The van der Waals surface area contributed by atoms with Gasteiger partial charge in [-0.3, -0.25) is 0 Å². The molecule has 2 nitrogen and oxygen atoms in total. The molecular formula is C23H22ClNO. The van der Waals surface area contributed by atoms with Gasteiger partial charge in [0, 0.05) is 17.5 Å². The number of rotatable bonds is 5. The van der Waals surface area contributed by atoms with Gasteiger partial charge in [0.05, 0.1) is 12.1 Å². The summed E-state index contributed by atoms with van der Waals surface area (Å²) in [6.45, 7) is 0.741. The molecule has 0 saturated heterocycles. The van der Waals surface area contributed by atoms with E-state index in [1.807, 2.05) is 48.5 Å². The van der Waals surface area contributed by atoms with E-state index in [-0.39, 0.29) is 12.0 Å². The third-order valence-corrected chi connectivity index (χ3v) is 5.47. The van der Waals surface area contributed by atoms with Gasteiger partial charge in [-0.25, -0.2) is 0 Å². The van der Waals surface area contributed by atoms with Gasteiger partial charge in [-0.2, -0.15) is 0 Å². The number of nitrogens with one attached hydrogen (secondary N) is 1. The van der Waals surface area contributed by atoms with Crippen LogP contribution in [-0.4, -0.2) is 11.2 Å². The zero-order chi connectivity index (χ0) is 17.9. The predicted molar refractivity (Wildman–Crippen MR) is 106 cm³/mol. The van der Waals surface area contributed by atoms with E-state index in [0.29, 0.717) is 0 Å². The number of halogens is 1. The Labute approximate surface area is 159 Å². The summed E-state index contributed by atoms with van der Waals surface area (Å²) >= 11 is 6.00. The second-order valence-electron chi connectivity index (χ2n) is 6.90. The highest BCUT2D eigenvalue weighted by Gasteiger charge is 2.38. The molecule has 0 amide bonds. The van der Waals surface area contributed by atoms with Crippen LogP contribution < -0.4 is 5.32 Å². The van der Waals surface area contributed by atoms with E-state index in [0.717, 1.165) is 18.0 Å². The Morgan fingerprint density at radius 3 is 2.15 bits per heavy atom. The van der Waals surface area contributed by atoms with Crippen molar-refractivity contribution in [1.82, 2.24) is 5.32 Å². The molecule has 3 heteroatoms. The third kappa shape index (κ3) is 3.54. The SMILES string of the molecule is OC1[C@H](NCc2ccccc2)c2ccccc2[C@@H]1Cc1ccc(Cl)cc1. The van der Waals surface area contributed by atoms with Crippen molar-refractivity contribution in [2.24, 2.45) is 0 Å². The highest BCUT2D eigenvalue weighted by molar-refractivity contribution is 6.30. The van der Waals surface area contributed by atoms with Crippen molar-refractivity contribution in [2.45, 2.75) is 31.0 Å². The minimum Gasteiger partial charge on any atom is -0.390 e. The normalized spacial score (nSPS) is 21.5. The number of benzene rings is 3. The van der Waals surface area contributed by atoms with E-state index in [4.69, 9.17) is 11.6 Å². The maximum Gasteiger partial charge on any atom is 0.0806 e. The first-order valence-corrected chi connectivity index (χ1v) is 9.39. The van der Waals surface area contributed by atoms with Crippen molar-refractivity contribution >= 4 is 11.6 Å². The molecule has 3 atom stereocenters. The van der Waals surface area contributed by atoms with Gasteiger partial charge in [-0.1, -0.05) is 78.3 Å². The molecule has 1 aliphatic rings. The number of hydrogen-bond acceptors (Lipinski definition) is 2. The second-order valence-corrected chi connectivity index (χ2v) is 7.34. The van der Waals surface area contributed by atoms with Crippen LogP contribution in [0.3, 0.4) is 0 Å². The fraction of sp³-hybridized carbons (Fsp3) is 0.217. The highest BCUT2D eigenvalue weighted by Crippen LogP contribution is 2.42. The molecule has 0 heterocycles. The smallest absolute Gasteiger partial charge is 0.0806 e. The molecule has 0 radical (unpaired) electrons. The summed E-state index contributed by atoms with van der Waals surface area (Å²) in [5.41, 5.74) is 4.85. The van der Waals surface area contributed by atoms with Crippen LogP contribution in [0, 0.1) is 0 Å². The van der Waals surface area contributed by atoms with E-state index in [2.05, 4.69) is 35.6 Å². The lowest BCUT2D eigenvalue weighted by atomic mass is 9.92. The first-order chi connectivity index (χ1) is 12.7. The van der Waals surface area contributed by atoms with Gasteiger partial charge in [-0.15, -0.1) is 0 Å². The number of fused-ring (bicyclic) bond motifs is 1. The lowest BCUT2D eigenvalue weighted by Crippen LogP contribution is -2.30. The van der Waals surface area contributed by atoms with Gasteiger partial charge in [0.15, 0.2) is 0 Å². The minimum atomic E-state index is -0.452. The van der Waals surface area contributed by atoms with Gasteiger partial charge in [0.25, 0.3) is 0 Å². The topological polar surface area (TPSA) is 32.3 Å². The maximum absolute atomic E-state index is 11.1. The summed E-state index contributed by atoms with van der Waals surface area (Å²) in [6, 6.07) is 26.5. The summed E-state index contributed by atoms with van der Waals surface area (Å²) in [4.78, 5) is 0. The van der Waals surface area contributed by atoms with Gasteiger partial charge in [0.2, 0.25) is 0 Å². The molecule has 0 aliphatic heterocycles. The summed E-state index contributed by atoms with van der Waals surface area (Å²) in [5.74, 6) is 0.0839. The van der Waals surface area contributed by atoms with Gasteiger partial charge >= 0.3 is 0 Å². The lowest BCUT2D eigenvalue weighted by Gasteiger charge is -2.22. The van der Waals surface area contributed by atoms with E-state index in [1.165, 1.54) is 22.3 Å². The van der Waals surface area contributed by atoms with Crippen molar-refractivity contribution in [2.75, 3.05) is 0 Å². The Kier molecular flexibility index (Phi) is 5.07. The monoisotopic (exact) mass is 363 g/mol. The van der Waals surface area contributed by atoms with E-state index >= 15 is 0 Å². The van der Waals surface area contributed by atoms with Crippen molar-refractivity contribution < 1.29 is 5.11 Å². The Morgan fingerprint density at radius 2 is 1.42 bits per heavy atom. The summed E-state index contributed by atoms with van der Waals surface area (Å²) < 4.78 is 0. The van der Waals surface area contributed by atoms with Crippen LogP contribution in [0.5, 0.6) is 0 Å². The average Bonchev–Trinajstić information content (AvgIpc) is 2.94. The Balaban J connectivity index is 1.56. The van der Waals surface area contributed by atoms with Crippen LogP contribution in [-0.2, 0) is 13.0 Å². The molecule has 1 aliphatic carbocycles. The molecule has 0 spiro atoms. The van der Waals surface area contributed by atoms with Crippen molar-refractivity contribution in [1.29, 1.82) is 0 Å². The zero-order valence-electron chi connectivity index (χ0n) is 14.5. The Bertz CT molecular complexity index is 863. The standard InChI is InChI=1S/C23H22ClNO/c24-18-12-10-16(11-13-18)14-21-19-8-4-5-9-20(19)22(23(21)26)25-15-17-6-2-1-3-7-17/h1-13,21-23,25-26H,14-15H2/t21-,22+,23?/m0/s1. The molecule has 132 valence electrons. The van der Waals surface area contributed by atoms with Crippen LogP contribution in [0.2, 0.25) is 5.02 Å². The Hall–Kier alpha value is -2.13. The Morgan fingerprint density at radius 1 is 0.769 bits per heavy atom. The maximum atomic E-state index is 11.1. The number of aliphatic hydroxyl groups is 1. The second kappa shape index (κ2) is 7.63. The van der Waals surface area contributed by atoms with Crippen LogP contribution >= 0.6 is 11.6 Å². The quantitative estimate of drug-likeness (QED) is 0.677. The number of aliphatic hydroxyl groups excluding tert-OH is 1. The van der Waals surface area contributed by atoms with Crippen LogP contribution in [0.1, 0.15) is 34.2 Å². The van der Waals surface area contributed by atoms with Crippen molar-refractivity contribution in [3.8, 4) is 0 Å². The first kappa shape index (κ1) is 17.3. The minimum absolute atomic E-state index is 0.0521. The molecule has 0 fully saturated rings. The zero-order valence-corrected chi connectivity index (χ0v) is 15.2. The van der Waals surface area contributed by atoms with Crippen LogP contribution in [0.25, 0.3) is 0 Å². The number of hydrogen-bond donors (Lipinski definition) is 2. The van der Waals surface area contributed by atoms with Crippen molar-refractivity contribution in [3.05, 3.63) is 106 Å². The van der Waals surface area contributed by atoms with Crippen LogP contribution in [0.15, 0.2) is 78.9 Å². The molecule has 0 saturated carbocycles. The molecule has 0 aromatic heterocycles. The lowest BCUT2D eigenvalue weighted by molar-refractivity contribution is 0.114. The fourth-order valence-electron chi connectivity index (χ4n) is 3.89. The largest absolute Gasteiger partial charge is 0.390 e. The summed E-state index contributed by atoms with van der Waals surface area (Å²) in [6.07, 6.45) is 0.352. The van der Waals surface area contributed by atoms with Gasteiger partial charge < -0.3 is 10.4 Å². The highest BCUT2D eigenvalue weighted by atomic mass is 35.5. The molecule has 4 rings (SSSR count). The molecule has 1 unspecified atom stereocenters. The van der Waals surface area contributed by atoms with E-state index < -0.39 is 6.10 Å². The van der Waals surface area contributed by atoms with Crippen LogP contribution in [0.4, 0.5) is 0 Å². The third-order valence-electron chi connectivity index (χ3n) is 5.22. The molecule has 3 aromatic carbocycles.